The Morgan fingerprint density at radius 1 is 1.16 bits per heavy atom. The largest absolute Gasteiger partial charge is 0.756 e. The van der Waals surface area contributed by atoms with E-state index in [9.17, 15) is 14.6 Å². The Kier molecular flexibility index (Phi) is 10.6. The average molecular weight is 494 g/mol. The topological polar surface area (TPSA) is 127 Å². The summed E-state index contributed by atoms with van der Waals surface area (Å²) in [6, 6.07) is 14.9. The standard InChI is InChI=1S/C11H13Cl2O4P.C10H15NO.H2O/c1-11(2)6-16-18(14,15)17-10(11)9-7(12)4-3-5-8(9)13;1-8(11-2)10(12)9-6-4-3-5-7-9;/h3-5,10H,6H2,1-2H3,(H,14,15);3-8,10-12H,1-2H3;1H2/t10-;8-,10-;/m10./s1. The number of halogens is 2. The zero-order valence-corrected chi connectivity index (χ0v) is 20.3. The predicted molar refractivity (Wildman–Crippen MR) is 120 cm³/mol. The molecule has 0 bridgehead atoms. The van der Waals surface area contributed by atoms with Gasteiger partial charge in [0.1, 0.15) is 18.2 Å². The molecule has 10 heteroatoms. The minimum absolute atomic E-state index is 0. The minimum Gasteiger partial charge on any atom is -0.756 e. The van der Waals surface area contributed by atoms with Crippen LogP contribution in [-0.2, 0) is 13.6 Å². The molecule has 7 nitrogen and oxygen atoms in total. The second-order valence-electron chi connectivity index (χ2n) is 7.88. The van der Waals surface area contributed by atoms with Gasteiger partial charge in [0.05, 0.1) is 13.7 Å². The SMILES string of the molecule is CC1(C)COP(=O)([O-])O[C@@H]1c1c(Cl)cccc1Cl.C[NH2+][C@@H](C)[C@H](O)c1ccccc1.O. The molecule has 1 aliphatic heterocycles. The van der Waals surface area contributed by atoms with Crippen molar-refractivity contribution >= 4 is 31.0 Å². The molecule has 4 atom stereocenters. The molecule has 1 unspecified atom stereocenters. The normalized spacial score (nSPS) is 24.2. The Hall–Kier alpha value is -0.990. The molecule has 1 fully saturated rings. The summed E-state index contributed by atoms with van der Waals surface area (Å²) in [4.78, 5) is 11.4. The third kappa shape index (κ3) is 7.53. The van der Waals surface area contributed by atoms with Crippen LogP contribution in [0, 0.1) is 5.41 Å². The van der Waals surface area contributed by atoms with Crippen molar-refractivity contribution in [1.29, 1.82) is 0 Å². The van der Waals surface area contributed by atoms with Crippen LogP contribution in [0.25, 0.3) is 0 Å². The van der Waals surface area contributed by atoms with Gasteiger partial charge in [-0.2, -0.15) is 0 Å². The Labute approximate surface area is 193 Å². The van der Waals surface area contributed by atoms with Crippen LogP contribution in [0.4, 0.5) is 0 Å². The molecule has 0 aromatic heterocycles. The van der Waals surface area contributed by atoms with E-state index in [0.29, 0.717) is 15.6 Å². The molecule has 0 saturated carbocycles. The van der Waals surface area contributed by atoms with Crippen molar-refractivity contribution in [3.63, 3.8) is 0 Å². The van der Waals surface area contributed by atoms with Gasteiger partial charge in [0.15, 0.2) is 0 Å². The van der Waals surface area contributed by atoms with Crippen LogP contribution in [0.15, 0.2) is 48.5 Å². The van der Waals surface area contributed by atoms with Gasteiger partial charge in [-0.25, -0.2) is 0 Å². The summed E-state index contributed by atoms with van der Waals surface area (Å²) in [5.74, 6) is 0. The van der Waals surface area contributed by atoms with Crippen molar-refractivity contribution in [3.8, 4) is 0 Å². The summed E-state index contributed by atoms with van der Waals surface area (Å²) in [6.07, 6.45) is -1.12. The molecule has 0 amide bonds. The molecule has 1 aliphatic rings. The summed E-state index contributed by atoms with van der Waals surface area (Å²) >= 11 is 12.2. The van der Waals surface area contributed by atoms with Crippen molar-refractivity contribution in [2.24, 2.45) is 5.41 Å². The lowest BCUT2D eigenvalue weighted by atomic mass is 9.83. The smallest absolute Gasteiger partial charge is 0.268 e. The van der Waals surface area contributed by atoms with Gasteiger partial charge in [-0.15, -0.1) is 0 Å². The van der Waals surface area contributed by atoms with E-state index in [1.165, 1.54) is 0 Å². The molecule has 0 radical (unpaired) electrons. The first-order valence-electron chi connectivity index (χ1n) is 9.59. The highest BCUT2D eigenvalue weighted by atomic mass is 35.5. The molecule has 0 aliphatic carbocycles. The van der Waals surface area contributed by atoms with Crippen molar-refractivity contribution in [3.05, 3.63) is 69.7 Å². The van der Waals surface area contributed by atoms with E-state index in [1.807, 2.05) is 63.5 Å². The van der Waals surface area contributed by atoms with E-state index >= 15 is 0 Å². The summed E-state index contributed by atoms with van der Waals surface area (Å²) < 4.78 is 21.2. The van der Waals surface area contributed by atoms with E-state index < -0.39 is 19.3 Å². The first kappa shape index (κ1) is 28.0. The Morgan fingerprint density at radius 2 is 1.71 bits per heavy atom. The third-order valence-electron chi connectivity index (χ3n) is 4.97. The average Bonchev–Trinajstić information content (AvgIpc) is 2.71. The lowest BCUT2D eigenvalue weighted by Crippen LogP contribution is -2.86. The van der Waals surface area contributed by atoms with Crippen molar-refractivity contribution in [1.82, 2.24) is 0 Å². The van der Waals surface area contributed by atoms with E-state index in [-0.39, 0.29) is 24.2 Å². The van der Waals surface area contributed by atoms with Crippen molar-refractivity contribution in [2.75, 3.05) is 13.7 Å². The zero-order chi connectivity index (χ0) is 22.5. The van der Waals surface area contributed by atoms with Crippen LogP contribution in [0.2, 0.25) is 10.0 Å². The highest BCUT2D eigenvalue weighted by molar-refractivity contribution is 7.45. The van der Waals surface area contributed by atoms with Gasteiger partial charge in [-0.05, 0) is 24.6 Å². The van der Waals surface area contributed by atoms with Gasteiger partial charge in [0, 0.05) is 21.0 Å². The number of aliphatic hydroxyl groups excluding tert-OH is 1. The third-order valence-corrected chi connectivity index (χ3v) is 6.54. The number of hydrogen-bond donors (Lipinski definition) is 2. The van der Waals surface area contributed by atoms with Gasteiger partial charge < -0.3 is 29.8 Å². The lowest BCUT2D eigenvalue weighted by molar-refractivity contribution is -0.669. The first-order chi connectivity index (χ1) is 14.0. The van der Waals surface area contributed by atoms with Crippen LogP contribution < -0.4 is 10.2 Å². The molecule has 3 rings (SSSR count). The lowest BCUT2D eigenvalue weighted by Gasteiger charge is -2.44. The molecule has 1 saturated heterocycles. The van der Waals surface area contributed by atoms with E-state index in [1.54, 1.807) is 18.2 Å². The Morgan fingerprint density at radius 3 is 2.23 bits per heavy atom. The number of nitrogens with two attached hydrogens (primary N) is 1. The predicted octanol–water partition coefficient (Wildman–Crippen LogP) is 3.05. The maximum Gasteiger partial charge on any atom is 0.268 e. The van der Waals surface area contributed by atoms with Crippen LogP contribution in [0.5, 0.6) is 0 Å². The van der Waals surface area contributed by atoms with Gasteiger partial charge in [0.2, 0.25) is 0 Å². The number of rotatable bonds is 4. The van der Waals surface area contributed by atoms with Crippen LogP contribution in [-0.4, -0.2) is 30.3 Å². The maximum absolute atomic E-state index is 11.4. The van der Waals surface area contributed by atoms with Gasteiger partial charge in [-0.1, -0.05) is 73.4 Å². The number of quaternary nitrogens is 1. The number of hydrogen-bond acceptors (Lipinski definition) is 5. The van der Waals surface area contributed by atoms with Gasteiger partial charge in [-0.3, -0.25) is 4.57 Å². The molecular weight excluding hydrogens is 464 g/mol. The van der Waals surface area contributed by atoms with E-state index in [0.717, 1.165) is 5.56 Å². The molecule has 31 heavy (non-hydrogen) atoms. The monoisotopic (exact) mass is 493 g/mol. The summed E-state index contributed by atoms with van der Waals surface area (Å²) in [5, 5.41) is 12.5. The number of phosphoric acid groups is 1. The van der Waals surface area contributed by atoms with Crippen molar-refractivity contribution < 1.29 is 34.4 Å². The van der Waals surface area contributed by atoms with E-state index in [4.69, 9.17) is 32.2 Å². The van der Waals surface area contributed by atoms with E-state index in [2.05, 4.69) is 0 Å². The molecule has 2 aromatic rings. The van der Waals surface area contributed by atoms with Crippen LogP contribution >= 0.6 is 31.0 Å². The van der Waals surface area contributed by atoms with Crippen LogP contribution in [0.3, 0.4) is 0 Å². The number of likely N-dealkylation sites (N-methyl/N-ethyl adjacent to an activating group) is 1. The first-order valence-corrected chi connectivity index (χ1v) is 11.8. The van der Waals surface area contributed by atoms with Gasteiger partial charge in [0.25, 0.3) is 7.82 Å². The second-order valence-corrected chi connectivity index (χ2v) is 10.1. The highest BCUT2D eigenvalue weighted by Gasteiger charge is 2.42. The molecule has 0 spiro atoms. The summed E-state index contributed by atoms with van der Waals surface area (Å²) in [7, 11) is -2.33. The Bertz CT molecular complexity index is 863. The molecule has 5 N–H and O–H groups in total. The second kappa shape index (κ2) is 11.8. The highest BCUT2D eigenvalue weighted by Crippen LogP contribution is 2.57. The summed E-state index contributed by atoms with van der Waals surface area (Å²) in [6.45, 7) is 5.70. The Balaban J connectivity index is 0.000000324. The maximum atomic E-state index is 11.4. The summed E-state index contributed by atoms with van der Waals surface area (Å²) in [5.41, 5.74) is 0.917. The molecule has 1 heterocycles. The van der Waals surface area contributed by atoms with Gasteiger partial charge >= 0.3 is 0 Å². The van der Waals surface area contributed by atoms with Crippen LogP contribution in [0.1, 0.15) is 44.1 Å². The number of benzene rings is 2. The fourth-order valence-electron chi connectivity index (χ4n) is 2.96. The molecule has 2 aromatic carbocycles. The fraction of sp³-hybridized carbons (Fsp3) is 0.429. The molecular formula is C21H30Cl2NO6P. The number of phosphoric ester groups is 1. The quantitative estimate of drug-likeness (QED) is 0.632. The minimum atomic E-state index is -4.30. The number of aliphatic hydroxyl groups is 1. The zero-order valence-electron chi connectivity index (χ0n) is 17.9. The molecule has 174 valence electrons. The fourth-order valence-corrected chi connectivity index (χ4v) is 4.76. The van der Waals surface area contributed by atoms with Crippen molar-refractivity contribution in [2.45, 2.75) is 39.0 Å².